The number of nitrogens with one attached hydrogen (secondary N) is 2. The average Bonchev–Trinajstić information content (AvgIpc) is 3.16. The lowest BCUT2D eigenvalue weighted by Gasteiger charge is -2.08. The van der Waals surface area contributed by atoms with Crippen LogP contribution >= 0.6 is 22.9 Å². The van der Waals surface area contributed by atoms with Gasteiger partial charge in [-0.15, -0.1) is 11.3 Å². The van der Waals surface area contributed by atoms with Crippen molar-refractivity contribution < 1.29 is 9.59 Å². The average molecular weight is 436 g/mol. The molecule has 0 aliphatic carbocycles. The van der Waals surface area contributed by atoms with Crippen molar-refractivity contribution in [1.82, 2.24) is 10.3 Å². The Labute approximate surface area is 182 Å². The molecule has 0 bridgehead atoms. The van der Waals surface area contributed by atoms with Gasteiger partial charge in [0.2, 0.25) is 5.91 Å². The molecule has 0 radical (unpaired) electrons. The van der Waals surface area contributed by atoms with Crippen LogP contribution in [-0.2, 0) is 11.2 Å². The number of hydrogen-bond donors (Lipinski definition) is 2. The van der Waals surface area contributed by atoms with E-state index in [1.807, 2.05) is 42.5 Å². The zero-order valence-electron chi connectivity index (χ0n) is 15.9. The number of carbonyl (C=O) groups excluding carboxylic acids is 2. The highest BCUT2D eigenvalue weighted by atomic mass is 35.5. The van der Waals surface area contributed by atoms with Gasteiger partial charge in [0.15, 0.2) is 0 Å². The number of anilines is 1. The Morgan fingerprint density at radius 2 is 1.67 bits per heavy atom. The predicted molar refractivity (Wildman–Crippen MR) is 121 cm³/mol. The standard InChI is InChI=1S/C23H18ClN3O2S/c24-18-6-2-1-5-17(18)23(29)25-14-21(28)26-16-11-9-15(10-12-16)13-22-27-19-7-3-4-8-20(19)30-22/h1-12H,13-14H2,(H,25,29)(H,26,28). The van der Waals surface area contributed by atoms with Crippen LogP contribution < -0.4 is 10.6 Å². The van der Waals surface area contributed by atoms with E-state index in [2.05, 4.69) is 21.7 Å². The number of para-hydroxylation sites is 1. The van der Waals surface area contributed by atoms with E-state index in [4.69, 9.17) is 11.6 Å². The number of fused-ring (bicyclic) bond motifs is 1. The van der Waals surface area contributed by atoms with E-state index < -0.39 is 0 Å². The summed E-state index contributed by atoms with van der Waals surface area (Å²) >= 11 is 7.68. The molecule has 150 valence electrons. The normalized spacial score (nSPS) is 10.7. The molecule has 0 saturated heterocycles. The summed E-state index contributed by atoms with van der Waals surface area (Å²) in [5.41, 5.74) is 3.13. The third-order valence-corrected chi connectivity index (χ3v) is 5.83. The summed E-state index contributed by atoms with van der Waals surface area (Å²) in [6, 6.07) is 22.4. The lowest BCUT2D eigenvalue weighted by Crippen LogP contribution is -2.33. The van der Waals surface area contributed by atoms with Crippen LogP contribution in [0.1, 0.15) is 20.9 Å². The van der Waals surface area contributed by atoms with Crippen LogP contribution in [-0.4, -0.2) is 23.3 Å². The minimum absolute atomic E-state index is 0.141. The Hall–Kier alpha value is -3.22. The molecular weight excluding hydrogens is 418 g/mol. The molecule has 7 heteroatoms. The Morgan fingerprint density at radius 3 is 2.43 bits per heavy atom. The zero-order valence-corrected chi connectivity index (χ0v) is 17.5. The number of halogens is 1. The smallest absolute Gasteiger partial charge is 0.253 e. The van der Waals surface area contributed by atoms with E-state index in [1.54, 1.807) is 35.6 Å². The Kier molecular flexibility index (Phi) is 6.07. The first-order chi connectivity index (χ1) is 14.6. The van der Waals surface area contributed by atoms with Crippen molar-refractivity contribution in [1.29, 1.82) is 0 Å². The van der Waals surface area contributed by atoms with E-state index in [9.17, 15) is 9.59 Å². The van der Waals surface area contributed by atoms with Crippen LogP contribution in [0.4, 0.5) is 5.69 Å². The van der Waals surface area contributed by atoms with E-state index in [0.717, 1.165) is 22.5 Å². The molecule has 0 saturated carbocycles. The fourth-order valence-corrected chi connectivity index (χ4v) is 4.21. The van der Waals surface area contributed by atoms with Crippen molar-refractivity contribution in [3.05, 3.63) is 94.0 Å². The van der Waals surface area contributed by atoms with Gasteiger partial charge in [0.1, 0.15) is 0 Å². The minimum atomic E-state index is -0.387. The molecule has 2 N–H and O–H groups in total. The van der Waals surface area contributed by atoms with Crippen molar-refractivity contribution in [3.8, 4) is 0 Å². The molecule has 1 aromatic heterocycles. The Bertz CT molecular complexity index is 1170. The molecule has 0 fully saturated rings. The second-order valence-corrected chi connectivity index (χ2v) is 8.18. The molecule has 4 rings (SSSR count). The first kappa shape index (κ1) is 20.1. The van der Waals surface area contributed by atoms with Crippen LogP contribution in [0.15, 0.2) is 72.8 Å². The SMILES string of the molecule is O=C(CNC(=O)c1ccccc1Cl)Nc1ccc(Cc2nc3ccccc3s2)cc1. The highest BCUT2D eigenvalue weighted by molar-refractivity contribution is 7.18. The largest absolute Gasteiger partial charge is 0.343 e. The minimum Gasteiger partial charge on any atom is -0.343 e. The molecule has 0 aliphatic rings. The highest BCUT2D eigenvalue weighted by Crippen LogP contribution is 2.24. The molecule has 4 aromatic rings. The van der Waals surface area contributed by atoms with Gasteiger partial charge < -0.3 is 10.6 Å². The number of hydrogen-bond acceptors (Lipinski definition) is 4. The van der Waals surface area contributed by atoms with E-state index in [1.165, 1.54) is 4.70 Å². The summed E-state index contributed by atoms with van der Waals surface area (Å²) < 4.78 is 1.18. The summed E-state index contributed by atoms with van der Waals surface area (Å²) in [6.07, 6.45) is 0.738. The number of aromatic nitrogens is 1. The van der Waals surface area contributed by atoms with E-state index >= 15 is 0 Å². The lowest BCUT2D eigenvalue weighted by molar-refractivity contribution is -0.115. The van der Waals surface area contributed by atoms with Crippen molar-refractivity contribution in [2.24, 2.45) is 0 Å². The Balaban J connectivity index is 1.31. The maximum Gasteiger partial charge on any atom is 0.253 e. The number of nitrogens with zero attached hydrogens (tertiary/aromatic N) is 1. The molecule has 0 aliphatic heterocycles. The number of amides is 2. The number of thiazole rings is 1. The maximum atomic E-state index is 12.1. The maximum absolute atomic E-state index is 12.1. The van der Waals surface area contributed by atoms with Gasteiger partial charge in [-0.2, -0.15) is 0 Å². The van der Waals surface area contributed by atoms with Crippen LogP contribution in [0.5, 0.6) is 0 Å². The molecule has 3 aromatic carbocycles. The lowest BCUT2D eigenvalue weighted by atomic mass is 10.1. The topological polar surface area (TPSA) is 71.1 Å². The molecule has 1 heterocycles. The molecule has 0 spiro atoms. The first-order valence-electron chi connectivity index (χ1n) is 9.34. The highest BCUT2D eigenvalue weighted by Gasteiger charge is 2.11. The van der Waals surface area contributed by atoms with Gasteiger partial charge >= 0.3 is 0 Å². The molecule has 30 heavy (non-hydrogen) atoms. The first-order valence-corrected chi connectivity index (χ1v) is 10.5. The van der Waals surface area contributed by atoms with Crippen LogP contribution in [0.2, 0.25) is 5.02 Å². The number of benzene rings is 3. The van der Waals surface area contributed by atoms with Crippen molar-refractivity contribution in [2.75, 3.05) is 11.9 Å². The van der Waals surface area contributed by atoms with Gasteiger partial charge in [-0.05, 0) is 42.0 Å². The fraction of sp³-hybridized carbons (Fsp3) is 0.0870. The van der Waals surface area contributed by atoms with Crippen LogP contribution in [0.25, 0.3) is 10.2 Å². The van der Waals surface area contributed by atoms with Crippen LogP contribution in [0.3, 0.4) is 0 Å². The van der Waals surface area contributed by atoms with Crippen LogP contribution in [0, 0.1) is 0 Å². The Morgan fingerprint density at radius 1 is 0.933 bits per heavy atom. The quantitative estimate of drug-likeness (QED) is 0.452. The molecule has 2 amide bonds. The van der Waals surface area contributed by atoms with Crippen molar-refractivity contribution in [3.63, 3.8) is 0 Å². The molecule has 0 unspecified atom stereocenters. The summed E-state index contributed by atoms with van der Waals surface area (Å²) in [5, 5.41) is 6.75. The van der Waals surface area contributed by atoms with Gasteiger partial charge in [-0.25, -0.2) is 4.98 Å². The zero-order chi connectivity index (χ0) is 20.9. The summed E-state index contributed by atoms with van der Waals surface area (Å²) in [5.74, 6) is -0.698. The molecular formula is C23H18ClN3O2S. The third kappa shape index (κ3) is 4.84. The summed E-state index contributed by atoms with van der Waals surface area (Å²) in [4.78, 5) is 28.9. The van der Waals surface area contributed by atoms with Crippen molar-refractivity contribution >= 4 is 50.7 Å². The van der Waals surface area contributed by atoms with E-state index in [0.29, 0.717) is 16.3 Å². The summed E-state index contributed by atoms with van der Waals surface area (Å²) in [7, 11) is 0. The second-order valence-electron chi connectivity index (χ2n) is 6.66. The fourth-order valence-electron chi connectivity index (χ4n) is 2.98. The van der Waals surface area contributed by atoms with Crippen molar-refractivity contribution in [2.45, 2.75) is 6.42 Å². The number of carbonyl (C=O) groups is 2. The molecule has 0 atom stereocenters. The molecule has 5 nitrogen and oxygen atoms in total. The summed E-state index contributed by atoms with van der Waals surface area (Å²) in [6.45, 7) is -0.141. The monoisotopic (exact) mass is 435 g/mol. The second kappa shape index (κ2) is 9.07. The number of rotatable bonds is 6. The van der Waals surface area contributed by atoms with Gasteiger partial charge in [0.25, 0.3) is 5.91 Å². The predicted octanol–water partition coefficient (Wildman–Crippen LogP) is 4.91. The van der Waals surface area contributed by atoms with Gasteiger partial charge in [-0.3, -0.25) is 9.59 Å². The van der Waals surface area contributed by atoms with E-state index in [-0.39, 0.29) is 18.4 Å². The van der Waals surface area contributed by atoms with Gasteiger partial charge in [0, 0.05) is 12.1 Å². The van der Waals surface area contributed by atoms with Gasteiger partial charge in [0.05, 0.1) is 32.4 Å². The van der Waals surface area contributed by atoms with Gasteiger partial charge in [-0.1, -0.05) is 48.0 Å². The third-order valence-electron chi connectivity index (χ3n) is 4.46.